The molecule has 0 saturated heterocycles. The molecule has 3 rings (SSSR count). The Kier molecular flexibility index (Phi) is 4.16. The van der Waals surface area contributed by atoms with Gasteiger partial charge in [-0.3, -0.25) is 4.90 Å². The Bertz CT molecular complexity index is 735. The van der Waals surface area contributed by atoms with Crippen molar-refractivity contribution in [1.82, 2.24) is 14.9 Å². The highest BCUT2D eigenvalue weighted by atomic mass is 32.1. The van der Waals surface area contributed by atoms with Crippen molar-refractivity contribution in [3.8, 4) is 10.4 Å². The molecule has 0 unspecified atom stereocenters. The van der Waals surface area contributed by atoms with Crippen LogP contribution in [0.4, 0.5) is 5.82 Å². The van der Waals surface area contributed by atoms with Crippen molar-refractivity contribution < 1.29 is 0 Å². The molecule has 0 aliphatic carbocycles. The number of nitrogens with two attached hydrogens (primary N) is 1. The smallest absolute Gasteiger partial charge is 0.153 e. The van der Waals surface area contributed by atoms with Crippen LogP contribution in [0.2, 0.25) is 0 Å². The largest absolute Gasteiger partial charge is 0.308 e. The van der Waals surface area contributed by atoms with Crippen LogP contribution in [0.25, 0.3) is 20.7 Å². The molecule has 21 heavy (non-hydrogen) atoms. The predicted molar refractivity (Wildman–Crippen MR) is 90.5 cm³/mol. The van der Waals surface area contributed by atoms with E-state index < -0.39 is 0 Å². The van der Waals surface area contributed by atoms with E-state index in [9.17, 15) is 0 Å². The van der Waals surface area contributed by atoms with Crippen molar-refractivity contribution in [3.63, 3.8) is 0 Å². The molecule has 0 aromatic carbocycles. The van der Waals surface area contributed by atoms with Gasteiger partial charge in [0.25, 0.3) is 0 Å². The van der Waals surface area contributed by atoms with Gasteiger partial charge in [0.2, 0.25) is 0 Å². The maximum Gasteiger partial charge on any atom is 0.153 e. The summed E-state index contributed by atoms with van der Waals surface area (Å²) in [6, 6.07) is 4.15. The summed E-state index contributed by atoms with van der Waals surface area (Å²) in [7, 11) is 2.05. The quantitative estimate of drug-likeness (QED) is 0.558. The number of hydrogen-bond donors (Lipinski definition) is 2. The van der Waals surface area contributed by atoms with Gasteiger partial charge in [-0.05, 0) is 25.0 Å². The van der Waals surface area contributed by atoms with E-state index in [1.807, 2.05) is 6.07 Å². The number of rotatable bonds is 5. The van der Waals surface area contributed by atoms with E-state index in [1.165, 1.54) is 4.88 Å². The molecule has 0 aliphatic rings. The van der Waals surface area contributed by atoms with E-state index in [0.29, 0.717) is 12.4 Å². The summed E-state index contributed by atoms with van der Waals surface area (Å²) in [5, 5.41) is 5.20. The fraction of sp³-hybridized carbons (Fsp3) is 0.286. The SMILES string of the molecule is CCN(C)Cc1nc(NN)c2c(-c3cccs3)csc2n1. The van der Waals surface area contributed by atoms with Crippen LogP contribution in [-0.4, -0.2) is 28.5 Å². The van der Waals surface area contributed by atoms with E-state index >= 15 is 0 Å². The van der Waals surface area contributed by atoms with Crippen LogP contribution >= 0.6 is 22.7 Å². The van der Waals surface area contributed by atoms with Crippen LogP contribution in [0, 0.1) is 0 Å². The molecule has 0 fully saturated rings. The molecule has 0 amide bonds. The summed E-state index contributed by atoms with van der Waals surface area (Å²) in [4.78, 5) is 13.6. The van der Waals surface area contributed by atoms with E-state index in [0.717, 1.165) is 28.1 Å². The second-order valence-electron chi connectivity index (χ2n) is 4.77. The number of nitrogens with one attached hydrogen (secondary N) is 1. The van der Waals surface area contributed by atoms with Crippen molar-refractivity contribution >= 4 is 38.7 Å². The molecule has 5 nitrogen and oxygen atoms in total. The number of hydrazine groups is 1. The van der Waals surface area contributed by atoms with Crippen LogP contribution in [0.3, 0.4) is 0 Å². The summed E-state index contributed by atoms with van der Waals surface area (Å²) < 4.78 is 0. The highest BCUT2D eigenvalue weighted by Gasteiger charge is 2.15. The lowest BCUT2D eigenvalue weighted by Crippen LogP contribution is -2.19. The van der Waals surface area contributed by atoms with Gasteiger partial charge in [0, 0.05) is 15.8 Å². The van der Waals surface area contributed by atoms with Gasteiger partial charge in [-0.1, -0.05) is 13.0 Å². The van der Waals surface area contributed by atoms with E-state index in [1.54, 1.807) is 22.7 Å². The Labute approximate surface area is 131 Å². The standard InChI is InChI=1S/C14H17N5S2/c1-3-19(2)7-11-16-13(18-15)12-9(8-21-14(12)17-11)10-5-4-6-20-10/h4-6,8H,3,7,15H2,1-2H3,(H,16,17,18). The third kappa shape index (κ3) is 2.77. The third-order valence-electron chi connectivity index (χ3n) is 3.35. The lowest BCUT2D eigenvalue weighted by Gasteiger charge is -2.13. The zero-order valence-corrected chi connectivity index (χ0v) is 13.6. The number of thiophene rings is 2. The van der Waals surface area contributed by atoms with Gasteiger partial charge < -0.3 is 5.43 Å². The predicted octanol–water partition coefficient (Wildman–Crippen LogP) is 3.16. The lowest BCUT2D eigenvalue weighted by molar-refractivity contribution is 0.337. The van der Waals surface area contributed by atoms with Gasteiger partial charge in [0.1, 0.15) is 10.7 Å². The van der Waals surface area contributed by atoms with Gasteiger partial charge in [-0.2, -0.15) is 0 Å². The topological polar surface area (TPSA) is 67.1 Å². The number of anilines is 1. The average molecular weight is 319 g/mol. The molecule has 110 valence electrons. The Morgan fingerprint density at radius 2 is 2.19 bits per heavy atom. The van der Waals surface area contributed by atoms with Crippen molar-refractivity contribution in [2.75, 3.05) is 19.0 Å². The molecule has 3 aromatic rings. The van der Waals surface area contributed by atoms with Crippen LogP contribution in [0.1, 0.15) is 12.7 Å². The van der Waals surface area contributed by atoms with Crippen LogP contribution < -0.4 is 11.3 Å². The first-order valence-electron chi connectivity index (χ1n) is 6.70. The molecule has 7 heteroatoms. The van der Waals surface area contributed by atoms with Crippen LogP contribution in [0.15, 0.2) is 22.9 Å². The van der Waals surface area contributed by atoms with Gasteiger partial charge in [-0.25, -0.2) is 15.8 Å². The zero-order chi connectivity index (χ0) is 14.8. The minimum atomic E-state index is 0.698. The molecule has 0 saturated carbocycles. The third-order valence-corrected chi connectivity index (χ3v) is 5.13. The highest BCUT2D eigenvalue weighted by molar-refractivity contribution is 7.18. The fourth-order valence-electron chi connectivity index (χ4n) is 2.13. The Hall–Kier alpha value is -1.54. The number of aromatic nitrogens is 2. The van der Waals surface area contributed by atoms with Crippen molar-refractivity contribution in [2.24, 2.45) is 5.84 Å². The fourth-order valence-corrected chi connectivity index (χ4v) is 3.91. The molecule has 0 bridgehead atoms. The number of fused-ring (bicyclic) bond motifs is 1. The van der Waals surface area contributed by atoms with E-state index in [-0.39, 0.29) is 0 Å². The Balaban J connectivity index is 2.11. The van der Waals surface area contributed by atoms with Gasteiger partial charge in [-0.15, -0.1) is 22.7 Å². The number of nitrogens with zero attached hydrogens (tertiary/aromatic N) is 3. The summed E-state index contributed by atoms with van der Waals surface area (Å²) in [5.74, 6) is 7.17. The van der Waals surface area contributed by atoms with Crippen LogP contribution in [-0.2, 0) is 6.54 Å². The highest BCUT2D eigenvalue weighted by Crippen LogP contribution is 2.38. The minimum Gasteiger partial charge on any atom is -0.308 e. The minimum absolute atomic E-state index is 0.698. The maximum atomic E-state index is 5.68. The molecule has 0 spiro atoms. The molecule has 3 N–H and O–H groups in total. The second-order valence-corrected chi connectivity index (χ2v) is 6.58. The van der Waals surface area contributed by atoms with Gasteiger partial charge in [0.05, 0.1) is 11.9 Å². The first-order chi connectivity index (χ1) is 10.2. The summed E-state index contributed by atoms with van der Waals surface area (Å²) >= 11 is 3.34. The molecular formula is C14H17N5S2. The average Bonchev–Trinajstić information content (AvgIpc) is 3.14. The molecular weight excluding hydrogens is 302 g/mol. The number of nitrogen functional groups attached to an aromatic ring is 1. The van der Waals surface area contributed by atoms with Crippen molar-refractivity contribution in [3.05, 3.63) is 28.7 Å². The monoisotopic (exact) mass is 319 g/mol. The lowest BCUT2D eigenvalue weighted by atomic mass is 10.2. The summed E-state index contributed by atoms with van der Waals surface area (Å²) in [5.41, 5.74) is 3.88. The summed E-state index contributed by atoms with van der Waals surface area (Å²) in [6.45, 7) is 3.78. The van der Waals surface area contributed by atoms with Gasteiger partial charge in [0.15, 0.2) is 5.82 Å². The molecule has 0 radical (unpaired) electrons. The Morgan fingerprint density at radius 3 is 2.86 bits per heavy atom. The van der Waals surface area contributed by atoms with Gasteiger partial charge >= 0.3 is 0 Å². The van der Waals surface area contributed by atoms with E-state index in [4.69, 9.17) is 5.84 Å². The molecule has 0 aliphatic heterocycles. The maximum absolute atomic E-state index is 5.68. The van der Waals surface area contributed by atoms with Crippen molar-refractivity contribution in [2.45, 2.75) is 13.5 Å². The Morgan fingerprint density at radius 1 is 1.33 bits per heavy atom. The number of hydrogen-bond acceptors (Lipinski definition) is 7. The van der Waals surface area contributed by atoms with Crippen LogP contribution in [0.5, 0.6) is 0 Å². The molecule has 0 atom stereocenters. The normalized spacial score (nSPS) is 11.4. The molecule has 3 aromatic heterocycles. The van der Waals surface area contributed by atoms with E-state index in [2.05, 4.69) is 51.1 Å². The first kappa shape index (κ1) is 14.4. The zero-order valence-electron chi connectivity index (χ0n) is 12.0. The van der Waals surface area contributed by atoms with Crippen molar-refractivity contribution in [1.29, 1.82) is 0 Å². The summed E-state index contributed by atoms with van der Waals surface area (Å²) in [6.07, 6.45) is 0. The first-order valence-corrected chi connectivity index (χ1v) is 8.46. The second kappa shape index (κ2) is 6.07. The molecule has 3 heterocycles.